The van der Waals surface area contributed by atoms with Gasteiger partial charge in [-0.3, -0.25) is 9.13 Å². The van der Waals surface area contributed by atoms with Gasteiger partial charge in [-0.05, 0) is 36.4 Å². The van der Waals surface area contributed by atoms with Crippen molar-refractivity contribution in [2.45, 2.75) is 0 Å². The number of nitrogens with zero attached hydrogens (tertiary/aromatic N) is 4. The maximum atomic E-state index is 5.41. The Bertz CT molecular complexity index is 2390. The van der Waals surface area contributed by atoms with Crippen molar-refractivity contribution >= 4 is 75.6 Å². The third-order valence-corrected chi connectivity index (χ3v) is 8.93. The Balaban J connectivity index is 1.47. The molecule has 0 bridgehead atoms. The summed E-state index contributed by atoms with van der Waals surface area (Å²) < 4.78 is 7.09. The fraction of sp³-hybridized carbons (Fsp3) is 0. The van der Waals surface area contributed by atoms with Crippen LogP contribution in [0.5, 0.6) is 0 Å². The molecule has 4 heterocycles. The number of aromatic nitrogens is 4. The lowest BCUT2D eigenvalue weighted by Crippen LogP contribution is -1.98. The zero-order valence-corrected chi connectivity index (χ0v) is 21.6. The molecule has 0 fully saturated rings. The van der Waals surface area contributed by atoms with Crippen molar-refractivity contribution in [2.75, 3.05) is 0 Å². The zero-order valence-electron chi connectivity index (χ0n) is 20.7. The van der Waals surface area contributed by atoms with E-state index in [1.807, 2.05) is 17.4 Å². The molecule has 0 unspecified atom stereocenters. The third kappa shape index (κ3) is 2.82. The van der Waals surface area contributed by atoms with E-state index in [1.54, 1.807) is 0 Å². The molecule has 0 amide bonds. The Morgan fingerprint density at radius 3 is 1.77 bits per heavy atom. The molecule has 9 rings (SSSR count). The molecule has 5 heteroatoms. The van der Waals surface area contributed by atoms with E-state index in [4.69, 9.17) is 9.97 Å². The number of benzene rings is 5. The van der Waals surface area contributed by atoms with E-state index in [0.29, 0.717) is 0 Å². The van der Waals surface area contributed by atoms with Gasteiger partial charge in [-0.15, -0.1) is 11.3 Å². The standard InChI is InChI=1S/C34H20N4S/c1-2-11-21(12-3-1)37-26-17-7-4-14-24(26)30-33(37)35-31-25-15-5-8-18-27(25)38(34(31)36-30)28-19-10-16-23-22-13-6-9-20-29(22)39-32(23)28/h1-20H. The monoisotopic (exact) mass is 516 g/mol. The molecular formula is C34H20N4S. The lowest BCUT2D eigenvalue weighted by molar-refractivity contribution is 1.13. The lowest BCUT2D eigenvalue weighted by Gasteiger charge is -2.09. The van der Waals surface area contributed by atoms with Crippen LogP contribution < -0.4 is 0 Å². The van der Waals surface area contributed by atoms with Crippen LogP contribution in [0.25, 0.3) is 75.7 Å². The molecule has 0 saturated heterocycles. The average molecular weight is 517 g/mol. The summed E-state index contributed by atoms with van der Waals surface area (Å²) in [5.74, 6) is 0. The number of hydrogen-bond donors (Lipinski definition) is 0. The van der Waals surface area contributed by atoms with Gasteiger partial charge in [0.25, 0.3) is 0 Å². The fourth-order valence-corrected chi connectivity index (χ4v) is 7.25. The number of fused-ring (bicyclic) bond motifs is 9. The van der Waals surface area contributed by atoms with Crippen LogP contribution in [-0.2, 0) is 0 Å². The van der Waals surface area contributed by atoms with Crippen molar-refractivity contribution in [3.63, 3.8) is 0 Å². The van der Waals surface area contributed by atoms with Crippen LogP contribution in [0.4, 0.5) is 0 Å². The molecule has 0 spiro atoms. The molecule has 9 aromatic rings. The topological polar surface area (TPSA) is 35.6 Å². The van der Waals surface area contributed by atoms with Gasteiger partial charge in [-0.25, -0.2) is 9.97 Å². The quantitative estimate of drug-likeness (QED) is 0.230. The van der Waals surface area contributed by atoms with Gasteiger partial charge in [0.15, 0.2) is 11.3 Å². The molecule has 4 nitrogen and oxygen atoms in total. The summed E-state index contributed by atoms with van der Waals surface area (Å²) in [6.07, 6.45) is 0. The molecule has 0 aliphatic heterocycles. The van der Waals surface area contributed by atoms with E-state index in [2.05, 4.69) is 124 Å². The Labute approximate surface area is 227 Å². The van der Waals surface area contributed by atoms with E-state index in [9.17, 15) is 0 Å². The van der Waals surface area contributed by atoms with Gasteiger partial charge < -0.3 is 0 Å². The maximum absolute atomic E-state index is 5.41. The van der Waals surface area contributed by atoms with Crippen LogP contribution in [0.2, 0.25) is 0 Å². The molecule has 0 atom stereocenters. The van der Waals surface area contributed by atoms with E-state index in [0.717, 1.165) is 55.5 Å². The normalized spacial score (nSPS) is 12.1. The van der Waals surface area contributed by atoms with E-state index < -0.39 is 0 Å². The summed E-state index contributed by atoms with van der Waals surface area (Å²) in [5.41, 5.74) is 8.01. The van der Waals surface area contributed by atoms with E-state index in [1.165, 1.54) is 20.2 Å². The average Bonchev–Trinajstić information content (AvgIpc) is 3.64. The summed E-state index contributed by atoms with van der Waals surface area (Å²) in [6.45, 7) is 0. The molecule has 0 aliphatic rings. The first kappa shape index (κ1) is 21.0. The smallest absolute Gasteiger partial charge is 0.165 e. The Morgan fingerprint density at radius 1 is 0.462 bits per heavy atom. The maximum Gasteiger partial charge on any atom is 0.165 e. The van der Waals surface area contributed by atoms with Gasteiger partial charge in [0.05, 0.1) is 21.4 Å². The minimum Gasteiger partial charge on any atom is -0.293 e. The van der Waals surface area contributed by atoms with Crippen molar-refractivity contribution in [3.8, 4) is 11.4 Å². The Hall–Kier alpha value is -5.00. The fourth-order valence-electron chi connectivity index (χ4n) is 6.05. The number of hydrogen-bond acceptors (Lipinski definition) is 3. The molecule has 182 valence electrons. The first-order chi connectivity index (χ1) is 19.4. The second-order valence-electron chi connectivity index (χ2n) is 9.86. The van der Waals surface area contributed by atoms with Crippen molar-refractivity contribution in [1.82, 2.24) is 19.1 Å². The van der Waals surface area contributed by atoms with Gasteiger partial charge in [0, 0.05) is 31.9 Å². The molecule has 0 radical (unpaired) electrons. The van der Waals surface area contributed by atoms with Crippen LogP contribution >= 0.6 is 11.3 Å². The third-order valence-electron chi connectivity index (χ3n) is 7.72. The summed E-state index contributed by atoms with van der Waals surface area (Å²) in [5, 5.41) is 4.76. The van der Waals surface area contributed by atoms with Crippen LogP contribution in [-0.4, -0.2) is 19.1 Å². The summed E-state index contributed by atoms with van der Waals surface area (Å²) >= 11 is 1.84. The second kappa shape index (κ2) is 7.76. The minimum atomic E-state index is 0.873. The SMILES string of the molecule is c1ccc(-n2c3ccccc3c3nc4c(nc32)c2ccccc2n4-c2cccc3c2sc2ccccc23)cc1. The molecule has 4 aromatic heterocycles. The summed E-state index contributed by atoms with van der Waals surface area (Å²) in [6, 6.07) is 42.7. The molecule has 39 heavy (non-hydrogen) atoms. The molecule has 0 saturated carbocycles. The molecule has 5 aromatic carbocycles. The minimum absolute atomic E-state index is 0.873. The molecule has 0 N–H and O–H groups in total. The van der Waals surface area contributed by atoms with Crippen LogP contribution in [0, 0.1) is 0 Å². The highest BCUT2D eigenvalue weighted by Crippen LogP contribution is 2.41. The molecular weight excluding hydrogens is 496 g/mol. The van der Waals surface area contributed by atoms with Gasteiger partial charge >= 0.3 is 0 Å². The summed E-state index contributed by atoms with van der Waals surface area (Å²) in [4.78, 5) is 10.8. The largest absolute Gasteiger partial charge is 0.293 e. The van der Waals surface area contributed by atoms with E-state index >= 15 is 0 Å². The van der Waals surface area contributed by atoms with Crippen molar-refractivity contribution in [3.05, 3.63) is 121 Å². The van der Waals surface area contributed by atoms with E-state index in [-0.39, 0.29) is 0 Å². The van der Waals surface area contributed by atoms with Crippen molar-refractivity contribution < 1.29 is 0 Å². The Morgan fingerprint density at radius 2 is 1.03 bits per heavy atom. The van der Waals surface area contributed by atoms with Crippen LogP contribution in [0.3, 0.4) is 0 Å². The zero-order chi connectivity index (χ0) is 25.5. The van der Waals surface area contributed by atoms with Gasteiger partial charge in [-0.1, -0.05) is 84.9 Å². The Kier molecular flexibility index (Phi) is 4.18. The highest BCUT2D eigenvalue weighted by atomic mass is 32.1. The van der Waals surface area contributed by atoms with Gasteiger partial charge in [0.1, 0.15) is 11.0 Å². The number of para-hydroxylation sites is 3. The summed E-state index contributed by atoms with van der Waals surface area (Å²) in [7, 11) is 0. The molecule has 0 aliphatic carbocycles. The first-order valence-electron chi connectivity index (χ1n) is 13.0. The highest BCUT2D eigenvalue weighted by Gasteiger charge is 2.22. The predicted molar refractivity (Wildman–Crippen MR) is 164 cm³/mol. The first-order valence-corrected chi connectivity index (χ1v) is 13.8. The van der Waals surface area contributed by atoms with Gasteiger partial charge in [-0.2, -0.15) is 0 Å². The number of thiophene rings is 1. The number of rotatable bonds is 2. The van der Waals surface area contributed by atoms with Crippen LogP contribution in [0.15, 0.2) is 121 Å². The lowest BCUT2D eigenvalue weighted by atomic mass is 10.1. The highest BCUT2D eigenvalue weighted by molar-refractivity contribution is 7.26. The second-order valence-corrected chi connectivity index (χ2v) is 10.9. The predicted octanol–water partition coefficient (Wildman–Crippen LogP) is 9.04. The van der Waals surface area contributed by atoms with Crippen LogP contribution in [0.1, 0.15) is 0 Å². The van der Waals surface area contributed by atoms with Gasteiger partial charge in [0.2, 0.25) is 0 Å². The van der Waals surface area contributed by atoms with Crippen molar-refractivity contribution in [1.29, 1.82) is 0 Å². The van der Waals surface area contributed by atoms with Crippen molar-refractivity contribution in [2.24, 2.45) is 0 Å².